The average molecular weight is 357 g/mol. The smallest absolute Gasteiger partial charge is 0.249 e. The number of amides is 1. The molecule has 5 nitrogen and oxygen atoms in total. The molecule has 3 heterocycles. The Balaban J connectivity index is 1.48. The highest BCUT2D eigenvalue weighted by Crippen LogP contribution is 2.34. The summed E-state index contributed by atoms with van der Waals surface area (Å²) in [6.45, 7) is 0. The predicted molar refractivity (Wildman–Crippen MR) is 93.2 cm³/mol. The predicted octanol–water partition coefficient (Wildman–Crippen LogP) is 2.88. The fourth-order valence-corrected chi connectivity index (χ4v) is 4.25. The zero-order chi connectivity index (χ0) is 17.4. The first-order chi connectivity index (χ1) is 12.1. The number of hydrogen-bond acceptors (Lipinski definition) is 5. The summed E-state index contributed by atoms with van der Waals surface area (Å²) in [5.74, 6) is 2.58. The van der Waals surface area contributed by atoms with Gasteiger partial charge < -0.3 is 10.2 Å². The summed E-state index contributed by atoms with van der Waals surface area (Å²) < 4.78 is 13.9. The van der Waals surface area contributed by atoms with E-state index in [1.807, 2.05) is 0 Å². The minimum atomic E-state index is -0.446. The number of carbonyl (C=O) groups is 2. The maximum absolute atomic E-state index is 13.9. The largest absolute Gasteiger partial charge is 0.309 e. The lowest BCUT2D eigenvalue weighted by Gasteiger charge is -2.34. The van der Waals surface area contributed by atoms with Crippen molar-refractivity contribution in [1.29, 1.82) is 0 Å². The number of allylic oxidation sites excluding steroid dienone is 4. The summed E-state index contributed by atoms with van der Waals surface area (Å²) in [6.07, 6.45) is 7.64. The van der Waals surface area contributed by atoms with Crippen molar-refractivity contribution in [3.63, 3.8) is 0 Å². The highest BCUT2D eigenvalue weighted by atomic mass is 32.1. The highest BCUT2D eigenvalue weighted by molar-refractivity contribution is 7.16. The molecule has 0 aromatic carbocycles. The van der Waals surface area contributed by atoms with Gasteiger partial charge in [-0.3, -0.25) is 9.59 Å². The van der Waals surface area contributed by atoms with Crippen molar-refractivity contribution in [2.24, 2.45) is 0 Å². The maximum Gasteiger partial charge on any atom is 0.249 e. The number of nitrogens with one attached hydrogen (secondary N) is 1. The first-order valence-corrected chi connectivity index (χ1v) is 9.07. The lowest BCUT2D eigenvalue weighted by Crippen LogP contribution is -2.51. The fraction of sp³-hybridized carbons (Fsp3) is 0.389. The van der Waals surface area contributed by atoms with Gasteiger partial charge in [0.25, 0.3) is 0 Å². The van der Waals surface area contributed by atoms with E-state index in [0.717, 1.165) is 11.3 Å². The van der Waals surface area contributed by atoms with Gasteiger partial charge in [0.15, 0.2) is 10.9 Å². The minimum absolute atomic E-state index is 0.130. The van der Waals surface area contributed by atoms with E-state index in [1.165, 1.54) is 17.4 Å². The van der Waals surface area contributed by atoms with Crippen LogP contribution in [-0.4, -0.2) is 33.7 Å². The van der Waals surface area contributed by atoms with E-state index in [4.69, 9.17) is 0 Å². The Kier molecular flexibility index (Phi) is 4.14. The van der Waals surface area contributed by atoms with Gasteiger partial charge in [0.2, 0.25) is 5.91 Å². The monoisotopic (exact) mass is 357 g/mol. The topological polar surface area (TPSA) is 62.3 Å². The normalized spacial score (nSPS) is 24.8. The van der Waals surface area contributed by atoms with Crippen molar-refractivity contribution in [2.45, 2.75) is 44.2 Å². The third-order valence-corrected chi connectivity index (χ3v) is 5.63. The number of Topliss-reactive ketones (excluding diaryl/α,β-unsaturated/α-hetero) is 1. The van der Waals surface area contributed by atoms with E-state index in [2.05, 4.69) is 22.3 Å². The fourth-order valence-electron chi connectivity index (χ4n) is 3.35. The minimum Gasteiger partial charge on any atom is -0.309 e. The molecule has 25 heavy (non-hydrogen) atoms. The molecule has 2 aliphatic heterocycles. The molecule has 1 aliphatic carbocycles. The molecule has 1 amide bonds. The number of thiazole rings is 1. The van der Waals surface area contributed by atoms with Crippen molar-refractivity contribution in [2.75, 3.05) is 5.32 Å². The molecular formula is C18H16FN3O2S. The number of carbonyl (C=O) groups excluding carboxylic acids is 2. The number of ketones is 1. The van der Waals surface area contributed by atoms with Crippen LogP contribution in [0.25, 0.3) is 5.57 Å². The number of rotatable bonds is 3. The number of piperidine rings is 1. The van der Waals surface area contributed by atoms with Crippen LogP contribution in [0.15, 0.2) is 24.2 Å². The summed E-state index contributed by atoms with van der Waals surface area (Å²) in [4.78, 5) is 31.1. The van der Waals surface area contributed by atoms with Gasteiger partial charge in [-0.1, -0.05) is 23.3 Å². The third kappa shape index (κ3) is 2.98. The molecule has 0 spiro atoms. The van der Waals surface area contributed by atoms with Gasteiger partial charge in [-0.15, -0.1) is 0 Å². The molecule has 1 aromatic heterocycles. The van der Waals surface area contributed by atoms with Gasteiger partial charge in [-0.25, -0.2) is 9.37 Å². The molecule has 0 saturated carbocycles. The van der Waals surface area contributed by atoms with Crippen LogP contribution < -0.4 is 5.32 Å². The van der Waals surface area contributed by atoms with Crippen LogP contribution in [0.2, 0.25) is 0 Å². The number of anilines is 1. The van der Waals surface area contributed by atoms with Gasteiger partial charge >= 0.3 is 0 Å². The summed E-state index contributed by atoms with van der Waals surface area (Å²) in [5.41, 5.74) is 0.634. The second kappa shape index (κ2) is 6.45. The number of nitrogens with zero attached hydrogens (tertiary/aromatic N) is 2. The summed E-state index contributed by atoms with van der Waals surface area (Å²) in [6, 6.07) is 2.13. The van der Waals surface area contributed by atoms with Crippen molar-refractivity contribution in [3.8, 4) is 12.0 Å². The molecule has 2 unspecified atom stereocenters. The third-order valence-electron chi connectivity index (χ3n) is 4.66. The Morgan fingerprint density at radius 1 is 1.44 bits per heavy atom. The second-order valence-electron chi connectivity index (χ2n) is 6.22. The summed E-state index contributed by atoms with van der Waals surface area (Å²) in [7, 11) is 0. The highest BCUT2D eigenvalue weighted by Gasteiger charge is 2.40. The first-order valence-electron chi connectivity index (χ1n) is 8.25. The van der Waals surface area contributed by atoms with Gasteiger partial charge in [0.05, 0.1) is 4.88 Å². The molecule has 3 aliphatic rings. The van der Waals surface area contributed by atoms with Crippen molar-refractivity contribution < 1.29 is 14.0 Å². The molecule has 0 radical (unpaired) electrons. The van der Waals surface area contributed by atoms with Crippen LogP contribution >= 0.6 is 11.3 Å². The van der Waals surface area contributed by atoms with E-state index in [0.29, 0.717) is 36.4 Å². The molecule has 2 atom stereocenters. The summed E-state index contributed by atoms with van der Waals surface area (Å²) in [5, 5.41) is 3.24. The molecule has 0 bridgehead atoms. The molecule has 1 fully saturated rings. The lowest BCUT2D eigenvalue weighted by molar-refractivity contribution is -0.130. The van der Waals surface area contributed by atoms with Crippen molar-refractivity contribution in [3.05, 3.63) is 29.1 Å². The van der Waals surface area contributed by atoms with Gasteiger partial charge in [-0.05, 0) is 25.3 Å². The van der Waals surface area contributed by atoms with Gasteiger partial charge in [0, 0.05) is 30.7 Å². The number of fused-ring (bicyclic) bond motifs is 1. The Morgan fingerprint density at radius 2 is 2.32 bits per heavy atom. The van der Waals surface area contributed by atoms with E-state index >= 15 is 0 Å². The Bertz CT molecular complexity index is 861. The second-order valence-corrected chi connectivity index (χ2v) is 7.25. The molecule has 1 saturated heterocycles. The van der Waals surface area contributed by atoms with E-state index < -0.39 is 6.04 Å². The molecule has 1 N–H and O–H groups in total. The van der Waals surface area contributed by atoms with Crippen LogP contribution in [0.3, 0.4) is 0 Å². The zero-order valence-electron chi connectivity index (χ0n) is 13.4. The van der Waals surface area contributed by atoms with Crippen LogP contribution in [0.1, 0.15) is 37.0 Å². The quantitative estimate of drug-likeness (QED) is 0.845. The van der Waals surface area contributed by atoms with Crippen molar-refractivity contribution >= 4 is 33.7 Å². The number of hydrogen-bond donors (Lipinski definition) is 1. The Hall–Kier alpha value is -2.46. The molecule has 128 valence electrons. The van der Waals surface area contributed by atoms with E-state index in [1.54, 1.807) is 17.2 Å². The molecule has 4 rings (SSSR count). The van der Waals surface area contributed by atoms with Crippen LogP contribution in [0.4, 0.5) is 9.52 Å². The van der Waals surface area contributed by atoms with E-state index in [9.17, 15) is 14.0 Å². The van der Waals surface area contributed by atoms with E-state index in [-0.39, 0.29) is 23.6 Å². The zero-order valence-corrected chi connectivity index (χ0v) is 14.2. The first kappa shape index (κ1) is 16.0. The number of halogens is 1. The van der Waals surface area contributed by atoms with Gasteiger partial charge in [-0.2, -0.15) is 0 Å². The average Bonchev–Trinajstić information content (AvgIpc) is 3.25. The van der Waals surface area contributed by atoms with Crippen LogP contribution in [-0.2, 0) is 9.59 Å². The summed E-state index contributed by atoms with van der Waals surface area (Å²) >= 11 is 1.26. The Morgan fingerprint density at radius 3 is 3.16 bits per heavy atom. The van der Waals surface area contributed by atoms with Crippen LogP contribution in [0, 0.1) is 12.0 Å². The standard InChI is InChI=1S/C18H16FN3O2S/c19-12-5-2-1-4-11(12)16-10-20-18(25-16)21-17(24)14-7-8-15(23)13-6-3-9-22(13)14/h2,5,10,13-14H,1,4,6-8H2,(H,20,21,24). The molecular weight excluding hydrogens is 341 g/mol. The molecule has 7 heteroatoms. The SMILES string of the molecule is O=C1CCC(C(=O)Nc2ncc(C3=C(F)C=CCC3)s2)N2C#CCC12. The van der Waals surface area contributed by atoms with Crippen molar-refractivity contribution in [1.82, 2.24) is 9.88 Å². The number of aromatic nitrogens is 1. The van der Waals surface area contributed by atoms with Crippen LogP contribution in [0.5, 0.6) is 0 Å². The lowest BCUT2D eigenvalue weighted by atomic mass is 9.94. The Labute approximate surface area is 148 Å². The van der Waals surface area contributed by atoms with Gasteiger partial charge in [0.1, 0.15) is 17.9 Å². The molecule has 1 aromatic rings. The maximum atomic E-state index is 13.9.